The highest BCUT2D eigenvalue weighted by atomic mass is 35.5. The van der Waals surface area contributed by atoms with Gasteiger partial charge in [-0.15, -0.1) is 22.9 Å². The van der Waals surface area contributed by atoms with Gasteiger partial charge >= 0.3 is 17.9 Å². The van der Waals surface area contributed by atoms with Gasteiger partial charge in [-0.1, -0.05) is 126 Å². The van der Waals surface area contributed by atoms with Gasteiger partial charge in [-0.05, 0) is 194 Å². The first kappa shape index (κ1) is 70.0. The standard InChI is InChI=1S/C28H34O5.C27H37ClO3S.C21H22O6/c1-2-12-28(13-5-14-28)26(30)21-8-4-7-20(16-21)25-23(10-11-24(25)29)18-33-17-19-6-3-9-22(15-19)27(31)32;1-27(2,3)17-5-8-23(29)18-9-11-20(12-10-18)25-19(13-15-22(25)28)6-4-7-21-14-16-24(32-21)26(30)31;22-17-6-2-12-9-13(1-5-16(12)17)20-14(3-7-18(20)23)10-26-11-15-4-8-19(27-15)21(24)25/h3-4,6-9,15-16,23,25-26,30H,2,5,10-14,17-18H2,1H3,(H,31,32);9-12,14,16,19,22-23,25,29H,4-8,13,15,17H2,1-3H3,(H,30,31);1,4-5,8-9,14,17,20,22H,2-3,6-7,10-11H2,(H,24,25). The third kappa shape index (κ3) is 18.1. The molecule has 6 N–H and O–H groups in total. The van der Waals surface area contributed by atoms with Gasteiger partial charge < -0.3 is 44.5 Å². The van der Waals surface area contributed by atoms with Crippen LogP contribution in [0, 0.1) is 28.6 Å². The molecule has 14 nitrogen and oxygen atoms in total. The summed E-state index contributed by atoms with van der Waals surface area (Å²) in [6, 6.07) is 35.8. The minimum Gasteiger partial charge on any atom is -0.478 e. The van der Waals surface area contributed by atoms with Gasteiger partial charge in [-0.2, -0.15) is 0 Å². The molecule has 6 aromatic rings. The maximum Gasteiger partial charge on any atom is 0.371 e. The van der Waals surface area contributed by atoms with Gasteiger partial charge in [0.1, 0.15) is 28.8 Å². The molecule has 5 aliphatic rings. The van der Waals surface area contributed by atoms with Crippen molar-refractivity contribution in [2.75, 3.05) is 13.2 Å². The fourth-order valence-corrected chi connectivity index (χ4v) is 16.3. The molecule has 0 bridgehead atoms. The number of carboxylic acids is 3. The average Bonchev–Trinajstić information content (AvgIpc) is 1.20. The zero-order chi connectivity index (χ0) is 65.7. The molecule has 0 radical (unpaired) electrons. The van der Waals surface area contributed by atoms with Crippen molar-refractivity contribution in [3.8, 4) is 0 Å². The lowest BCUT2D eigenvalue weighted by Gasteiger charge is -2.46. The first-order valence-corrected chi connectivity index (χ1v) is 34.5. The van der Waals surface area contributed by atoms with Crippen LogP contribution >= 0.6 is 22.9 Å². The molecule has 0 amide bonds. The lowest BCUT2D eigenvalue weighted by atomic mass is 9.61. The van der Waals surface area contributed by atoms with E-state index in [1.807, 2.05) is 48.5 Å². The number of Topliss-reactive ketones (excluding diaryl/α,β-unsaturated/α-hetero) is 2. The molecule has 2 aromatic heterocycles. The molecule has 11 rings (SSSR count). The monoisotopic (exact) mass is 1300 g/mol. The minimum absolute atomic E-state index is 0.0138. The van der Waals surface area contributed by atoms with Crippen molar-refractivity contribution in [3.63, 3.8) is 0 Å². The summed E-state index contributed by atoms with van der Waals surface area (Å²) in [4.78, 5) is 59.9. The average molecular weight is 1300 g/mol. The van der Waals surface area contributed by atoms with E-state index in [0.717, 1.165) is 147 Å². The number of carboxylic acid groups (broad SMARTS) is 3. The van der Waals surface area contributed by atoms with Crippen molar-refractivity contribution in [3.05, 3.63) is 187 Å². The molecule has 0 spiro atoms. The summed E-state index contributed by atoms with van der Waals surface area (Å²) in [6.07, 6.45) is 16.5. The molecule has 494 valence electrons. The van der Waals surface area contributed by atoms with Crippen molar-refractivity contribution in [1.29, 1.82) is 0 Å². The van der Waals surface area contributed by atoms with Crippen molar-refractivity contribution in [2.24, 2.45) is 28.6 Å². The van der Waals surface area contributed by atoms with Crippen LogP contribution in [0.2, 0.25) is 0 Å². The summed E-state index contributed by atoms with van der Waals surface area (Å²) in [5.74, 6) is -1.41. The molecule has 0 aliphatic heterocycles. The Hall–Kier alpha value is -6.30. The third-order valence-corrected chi connectivity index (χ3v) is 21.5. The SMILES string of the molecule is CC(C)(C)CCCC(O)c1ccc(C2C(Cl)CCC2CCCc2ccc(C(=O)O)s2)cc1.CCCC1(C(O)c2cccc(C3C(=O)CCC3COCc3cccc(C(=O)O)c3)c2)CCC1.O=C(O)c1ccc(COCC2CCC(=O)C2c2ccc3c(c2)CCC3O)o1. The number of fused-ring (bicyclic) bond motifs is 1. The number of alkyl halides is 1. The van der Waals surface area contributed by atoms with Gasteiger partial charge in [-0.25, -0.2) is 14.4 Å². The van der Waals surface area contributed by atoms with E-state index < -0.39 is 36.2 Å². The zero-order valence-electron chi connectivity index (χ0n) is 53.7. The van der Waals surface area contributed by atoms with Crippen LogP contribution in [0.15, 0.2) is 120 Å². The lowest BCUT2D eigenvalue weighted by Crippen LogP contribution is -2.36. The number of ether oxygens (including phenoxy) is 2. The van der Waals surface area contributed by atoms with Crippen molar-refractivity contribution in [2.45, 2.75) is 204 Å². The Bertz CT molecular complexity index is 3450. The predicted octanol–water partition coefficient (Wildman–Crippen LogP) is 16.7. The Morgan fingerprint density at radius 3 is 2.01 bits per heavy atom. The number of carbonyl (C=O) groups excluding carboxylic acids is 2. The van der Waals surface area contributed by atoms with Gasteiger partial charge in [0.25, 0.3) is 0 Å². The van der Waals surface area contributed by atoms with Crippen LogP contribution in [0.4, 0.5) is 0 Å². The fourth-order valence-electron chi connectivity index (χ4n) is 14.9. The number of ketones is 2. The Balaban J connectivity index is 0.000000164. The number of aliphatic hydroxyl groups is 3. The number of hydrogen-bond donors (Lipinski definition) is 6. The van der Waals surface area contributed by atoms with Crippen LogP contribution in [0.5, 0.6) is 0 Å². The summed E-state index contributed by atoms with van der Waals surface area (Å²) in [5.41, 5.74) is 8.63. The van der Waals surface area contributed by atoms with Crippen molar-refractivity contribution >= 4 is 52.4 Å². The molecule has 4 aromatic carbocycles. The largest absolute Gasteiger partial charge is 0.478 e. The minimum atomic E-state index is -1.11. The number of rotatable bonds is 26. The van der Waals surface area contributed by atoms with Crippen LogP contribution in [0.1, 0.15) is 259 Å². The van der Waals surface area contributed by atoms with Gasteiger partial charge in [0.05, 0.1) is 43.7 Å². The Labute approximate surface area is 550 Å². The second-order valence-electron chi connectivity index (χ2n) is 27.6. The van der Waals surface area contributed by atoms with Crippen LogP contribution in [-0.2, 0) is 45.1 Å². The first-order chi connectivity index (χ1) is 44.1. The summed E-state index contributed by atoms with van der Waals surface area (Å²) < 4.78 is 16.8. The number of thiophene rings is 1. The molecule has 0 saturated heterocycles. The Morgan fingerprint density at radius 2 is 1.38 bits per heavy atom. The molecular weight excluding hydrogens is 1200 g/mol. The maximum absolute atomic E-state index is 12.8. The normalized spacial score (nSPS) is 23.0. The number of furan rings is 1. The summed E-state index contributed by atoms with van der Waals surface area (Å²) in [6.45, 7) is 10.2. The molecule has 10 atom stereocenters. The molecule has 4 fully saturated rings. The fraction of sp³-hybridized carbons (Fsp3) is 0.513. The Kier molecular flexibility index (Phi) is 24.5. The smallest absolute Gasteiger partial charge is 0.371 e. The molecule has 92 heavy (non-hydrogen) atoms. The van der Waals surface area contributed by atoms with E-state index in [1.54, 1.807) is 30.3 Å². The van der Waals surface area contributed by atoms with E-state index in [-0.39, 0.29) is 64.0 Å². The van der Waals surface area contributed by atoms with E-state index in [1.165, 1.54) is 29.4 Å². The third-order valence-electron chi connectivity index (χ3n) is 19.9. The van der Waals surface area contributed by atoms with Crippen molar-refractivity contribution < 1.29 is 68.5 Å². The van der Waals surface area contributed by atoms with Crippen LogP contribution in [0.3, 0.4) is 0 Å². The van der Waals surface area contributed by atoms with E-state index in [4.69, 9.17) is 40.8 Å². The number of aromatic carboxylic acids is 3. The van der Waals surface area contributed by atoms with E-state index in [0.29, 0.717) is 60.6 Å². The van der Waals surface area contributed by atoms with Crippen LogP contribution in [0.25, 0.3) is 0 Å². The quantitative estimate of drug-likeness (QED) is 0.0277. The molecule has 10 unspecified atom stereocenters. The Morgan fingerprint density at radius 1 is 0.696 bits per heavy atom. The van der Waals surface area contributed by atoms with E-state index >= 15 is 0 Å². The topological polar surface area (TPSA) is 238 Å². The summed E-state index contributed by atoms with van der Waals surface area (Å²) in [5, 5.41) is 59.0. The van der Waals surface area contributed by atoms with Gasteiger partial charge in [0.2, 0.25) is 5.76 Å². The zero-order valence-corrected chi connectivity index (χ0v) is 55.3. The first-order valence-electron chi connectivity index (χ1n) is 33.3. The second-order valence-corrected chi connectivity index (χ2v) is 29.4. The van der Waals surface area contributed by atoms with Crippen LogP contribution in [-0.4, -0.2) is 78.7 Å². The van der Waals surface area contributed by atoms with Gasteiger partial charge in [-0.3, -0.25) is 9.59 Å². The number of aliphatic hydroxyl groups excluding tert-OH is 3. The predicted molar refractivity (Wildman–Crippen MR) is 356 cm³/mol. The molecule has 4 saturated carbocycles. The summed E-state index contributed by atoms with van der Waals surface area (Å²) >= 11 is 8.13. The number of halogens is 1. The van der Waals surface area contributed by atoms with Crippen LogP contribution < -0.4 is 0 Å². The molecular formula is C76H93ClO14S. The molecule has 5 aliphatic carbocycles. The van der Waals surface area contributed by atoms with Crippen molar-refractivity contribution in [1.82, 2.24) is 0 Å². The highest BCUT2D eigenvalue weighted by molar-refractivity contribution is 7.13. The highest BCUT2D eigenvalue weighted by Gasteiger charge is 2.44. The van der Waals surface area contributed by atoms with Gasteiger partial charge in [0.15, 0.2) is 0 Å². The molecule has 2 heterocycles. The number of carbonyl (C=O) groups is 5. The lowest BCUT2D eigenvalue weighted by molar-refractivity contribution is -0.120. The second kappa shape index (κ2) is 32.2. The highest BCUT2D eigenvalue weighted by Crippen LogP contribution is 2.54. The number of benzene rings is 4. The van der Waals surface area contributed by atoms with E-state index in [2.05, 4.69) is 58.0 Å². The number of aryl methyl sites for hydroxylation is 2. The number of hydrogen-bond acceptors (Lipinski definition) is 12. The van der Waals surface area contributed by atoms with Gasteiger partial charge in [0, 0.05) is 46.3 Å². The summed E-state index contributed by atoms with van der Waals surface area (Å²) in [7, 11) is 0. The molecule has 16 heteroatoms. The van der Waals surface area contributed by atoms with E-state index in [9.17, 15) is 39.3 Å². The maximum atomic E-state index is 12.8.